The number of rotatable bonds is 7. The number of carbonyl (C=O) groups is 2. The van der Waals surface area contributed by atoms with E-state index in [1.807, 2.05) is 17.5 Å². The molecule has 0 aliphatic heterocycles. The highest BCUT2D eigenvalue weighted by Gasteiger charge is 2.19. The number of ether oxygens (including phenoxy) is 1. The van der Waals surface area contributed by atoms with Crippen LogP contribution >= 0.6 is 23.1 Å². The lowest BCUT2D eigenvalue weighted by Crippen LogP contribution is -2.25. The maximum Gasteiger partial charge on any atom is 0.262 e. The number of aromatic nitrogens is 2. The molecule has 8 nitrogen and oxygen atoms in total. The van der Waals surface area contributed by atoms with Crippen molar-refractivity contribution in [2.45, 2.75) is 17.3 Å². The van der Waals surface area contributed by atoms with E-state index in [1.165, 1.54) is 34.8 Å². The number of benzene rings is 2. The van der Waals surface area contributed by atoms with Crippen molar-refractivity contribution < 1.29 is 14.3 Å². The number of carbonyl (C=O) groups excluding carboxylic acids is 2. The van der Waals surface area contributed by atoms with Crippen LogP contribution in [0.4, 0.5) is 11.4 Å². The molecule has 0 saturated carbocycles. The molecule has 2 N–H and O–H groups in total. The minimum atomic E-state index is -0.496. The van der Waals surface area contributed by atoms with Crippen molar-refractivity contribution in [3.63, 3.8) is 0 Å². The van der Waals surface area contributed by atoms with Gasteiger partial charge in [-0.25, -0.2) is 4.98 Å². The second kappa shape index (κ2) is 10.1. The molecule has 0 spiro atoms. The summed E-state index contributed by atoms with van der Waals surface area (Å²) in [6.07, 6.45) is 0. The Balaban J connectivity index is 1.40. The van der Waals surface area contributed by atoms with Gasteiger partial charge in [0.15, 0.2) is 5.16 Å². The third-order valence-corrected chi connectivity index (χ3v) is 7.04. The minimum Gasteiger partial charge on any atom is -0.495 e. The van der Waals surface area contributed by atoms with E-state index < -0.39 is 5.25 Å². The van der Waals surface area contributed by atoms with E-state index in [-0.39, 0.29) is 17.4 Å². The van der Waals surface area contributed by atoms with Crippen LogP contribution in [-0.4, -0.2) is 33.7 Å². The Hall–Kier alpha value is -3.63. The Morgan fingerprint density at radius 2 is 1.82 bits per heavy atom. The lowest BCUT2D eigenvalue weighted by molar-refractivity contribution is -0.115. The Kier molecular flexibility index (Phi) is 6.99. The van der Waals surface area contributed by atoms with Crippen molar-refractivity contribution in [2.75, 3.05) is 17.7 Å². The molecule has 0 radical (unpaired) electrons. The molecule has 4 rings (SSSR count). The van der Waals surface area contributed by atoms with Gasteiger partial charge in [-0.15, -0.1) is 11.3 Å². The van der Waals surface area contributed by atoms with Gasteiger partial charge in [-0.2, -0.15) is 0 Å². The largest absolute Gasteiger partial charge is 0.495 e. The van der Waals surface area contributed by atoms with E-state index in [2.05, 4.69) is 15.6 Å². The van der Waals surface area contributed by atoms with Gasteiger partial charge in [0.05, 0.1) is 23.4 Å². The maximum atomic E-state index is 12.7. The van der Waals surface area contributed by atoms with Gasteiger partial charge in [-0.3, -0.25) is 19.0 Å². The zero-order valence-electron chi connectivity index (χ0n) is 18.7. The molecule has 1 atom stereocenters. The minimum absolute atomic E-state index is 0.136. The standard InChI is InChI=1S/C24H22N4O4S2/c1-14(34-24-27-22-17(12-13-33-22)23(31)28(24)2)20(29)25-16-10-8-15(9-11-16)21(30)26-18-6-4-5-7-19(18)32-3/h4-14H,1-3H3,(H,25,29)(H,26,30). The molecule has 0 aliphatic carbocycles. The molecule has 34 heavy (non-hydrogen) atoms. The van der Waals surface area contributed by atoms with Crippen LogP contribution in [0.15, 0.2) is 69.9 Å². The number of thiophene rings is 1. The molecule has 0 bridgehead atoms. The summed E-state index contributed by atoms with van der Waals surface area (Å²) in [6.45, 7) is 1.75. The second-order valence-electron chi connectivity index (χ2n) is 7.38. The van der Waals surface area contributed by atoms with Crippen molar-refractivity contribution in [3.8, 4) is 5.75 Å². The SMILES string of the molecule is COc1ccccc1NC(=O)c1ccc(NC(=O)C(C)Sc2nc3sccc3c(=O)n2C)cc1. The topological polar surface area (TPSA) is 102 Å². The van der Waals surface area contributed by atoms with Crippen molar-refractivity contribution in [1.82, 2.24) is 9.55 Å². The fourth-order valence-electron chi connectivity index (χ4n) is 3.19. The predicted octanol–water partition coefficient (Wildman–Crippen LogP) is 4.38. The van der Waals surface area contributed by atoms with E-state index in [4.69, 9.17) is 4.74 Å². The highest BCUT2D eigenvalue weighted by atomic mass is 32.2. The van der Waals surface area contributed by atoms with Crippen LogP contribution in [0.1, 0.15) is 17.3 Å². The molecule has 2 aromatic heterocycles. The first-order chi connectivity index (χ1) is 16.4. The van der Waals surface area contributed by atoms with E-state index in [1.54, 1.807) is 56.4 Å². The van der Waals surface area contributed by atoms with E-state index in [9.17, 15) is 14.4 Å². The third-order valence-electron chi connectivity index (χ3n) is 5.09. The van der Waals surface area contributed by atoms with Crippen LogP contribution in [0, 0.1) is 0 Å². The number of hydrogen-bond acceptors (Lipinski definition) is 7. The van der Waals surface area contributed by atoms with Crippen molar-refractivity contribution >= 4 is 56.5 Å². The first-order valence-electron chi connectivity index (χ1n) is 10.3. The van der Waals surface area contributed by atoms with Crippen LogP contribution in [0.5, 0.6) is 5.75 Å². The van der Waals surface area contributed by atoms with E-state index in [0.29, 0.717) is 38.1 Å². The fraction of sp³-hybridized carbons (Fsp3) is 0.167. The second-order valence-corrected chi connectivity index (χ2v) is 9.58. The molecule has 0 fully saturated rings. The molecule has 0 aliphatic rings. The van der Waals surface area contributed by atoms with Gasteiger partial charge < -0.3 is 15.4 Å². The summed E-state index contributed by atoms with van der Waals surface area (Å²) >= 11 is 2.60. The first kappa shape index (κ1) is 23.5. The summed E-state index contributed by atoms with van der Waals surface area (Å²) in [7, 11) is 3.19. The van der Waals surface area contributed by atoms with Gasteiger partial charge in [0.2, 0.25) is 5.91 Å². The molecule has 10 heteroatoms. The monoisotopic (exact) mass is 494 g/mol. The number of nitrogens with one attached hydrogen (secondary N) is 2. The highest BCUT2D eigenvalue weighted by Crippen LogP contribution is 2.26. The predicted molar refractivity (Wildman–Crippen MR) is 136 cm³/mol. The third kappa shape index (κ3) is 4.97. The molecule has 174 valence electrons. The quantitative estimate of drug-likeness (QED) is 0.292. The van der Waals surface area contributed by atoms with Gasteiger partial charge in [0.1, 0.15) is 10.6 Å². The van der Waals surface area contributed by atoms with Gasteiger partial charge >= 0.3 is 0 Å². The number of para-hydroxylation sites is 2. The normalized spacial score (nSPS) is 11.7. The maximum absolute atomic E-state index is 12.7. The molecule has 0 saturated heterocycles. The van der Waals surface area contributed by atoms with Crippen molar-refractivity contribution in [3.05, 3.63) is 75.9 Å². The van der Waals surface area contributed by atoms with Crippen LogP contribution in [-0.2, 0) is 11.8 Å². The zero-order valence-corrected chi connectivity index (χ0v) is 20.3. The molecule has 4 aromatic rings. The van der Waals surface area contributed by atoms with Crippen molar-refractivity contribution in [2.24, 2.45) is 7.05 Å². The number of nitrogens with zero attached hydrogens (tertiary/aromatic N) is 2. The van der Waals surface area contributed by atoms with Gasteiger partial charge in [-0.1, -0.05) is 23.9 Å². The van der Waals surface area contributed by atoms with Gasteiger partial charge in [-0.05, 0) is 54.8 Å². The lowest BCUT2D eigenvalue weighted by atomic mass is 10.2. The number of methoxy groups -OCH3 is 1. The molecule has 2 heterocycles. The molecular weight excluding hydrogens is 472 g/mol. The number of fused-ring (bicyclic) bond motifs is 1. The zero-order chi connectivity index (χ0) is 24.2. The molecule has 1 unspecified atom stereocenters. The Morgan fingerprint density at radius 1 is 1.09 bits per heavy atom. The van der Waals surface area contributed by atoms with Crippen molar-refractivity contribution in [1.29, 1.82) is 0 Å². The van der Waals surface area contributed by atoms with E-state index >= 15 is 0 Å². The first-order valence-corrected chi connectivity index (χ1v) is 12.1. The van der Waals surface area contributed by atoms with Crippen LogP contribution in [0.3, 0.4) is 0 Å². The molecular formula is C24H22N4O4S2. The number of amides is 2. The highest BCUT2D eigenvalue weighted by molar-refractivity contribution is 8.00. The molecule has 2 aromatic carbocycles. The average molecular weight is 495 g/mol. The summed E-state index contributed by atoms with van der Waals surface area (Å²) < 4.78 is 6.71. The van der Waals surface area contributed by atoms with Gasteiger partial charge in [0.25, 0.3) is 11.5 Å². The summed E-state index contributed by atoms with van der Waals surface area (Å²) in [5.41, 5.74) is 1.43. The number of hydrogen-bond donors (Lipinski definition) is 2. The van der Waals surface area contributed by atoms with Crippen LogP contribution in [0.25, 0.3) is 10.2 Å². The Morgan fingerprint density at radius 3 is 2.56 bits per heavy atom. The molecule has 2 amide bonds. The summed E-state index contributed by atoms with van der Waals surface area (Å²) in [5.74, 6) is 0.0375. The number of thioether (sulfide) groups is 1. The Labute approximate surface area is 204 Å². The van der Waals surface area contributed by atoms with E-state index in [0.717, 1.165) is 0 Å². The Bertz CT molecular complexity index is 1410. The lowest BCUT2D eigenvalue weighted by Gasteiger charge is -2.14. The fourth-order valence-corrected chi connectivity index (χ4v) is 4.87. The summed E-state index contributed by atoms with van der Waals surface area (Å²) in [6, 6.07) is 15.5. The van der Waals surface area contributed by atoms with Crippen LogP contribution in [0.2, 0.25) is 0 Å². The van der Waals surface area contributed by atoms with Crippen LogP contribution < -0.4 is 20.9 Å². The summed E-state index contributed by atoms with van der Waals surface area (Å²) in [5, 5.41) is 8.03. The summed E-state index contributed by atoms with van der Waals surface area (Å²) in [4.78, 5) is 42.9. The number of anilines is 2. The van der Waals surface area contributed by atoms with Gasteiger partial charge in [0, 0.05) is 18.3 Å². The smallest absolute Gasteiger partial charge is 0.262 e. The average Bonchev–Trinajstić information content (AvgIpc) is 3.31.